The van der Waals surface area contributed by atoms with Gasteiger partial charge in [0.15, 0.2) is 5.78 Å². The van der Waals surface area contributed by atoms with Crippen LogP contribution < -0.4 is 16.0 Å². The highest BCUT2D eigenvalue weighted by molar-refractivity contribution is 7.88. The lowest BCUT2D eigenvalue weighted by atomic mass is 9.62. The van der Waals surface area contributed by atoms with Crippen molar-refractivity contribution in [2.24, 2.45) is 17.3 Å². The Labute approximate surface area is 239 Å². The van der Waals surface area contributed by atoms with Gasteiger partial charge in [-0.25, -0.2) is 25.9 Å². The van der Waals surface area contributed by atoms with E-state index in [2.05, 4.69) is 16.0 Å². The molecule has 0 aromatic carbocycles. The zero-order chi connectivity index (χ0) is 30.8. The number of ketones is 1. The van der Waals surface area contributed by atoms with Gasteiger partial charge < -0.3 is 30.3 Å². The number of nitrogens with zero attached hydrogens (tertiary/aromatic N) is 1. The van der Waals surface area contributed by atoms with Gasteiger partial charge in [-0.3, -0.25) is 14.4 Å². The van der Waals surface area contributed by atoms with Crippen LogP contribution >= 0.6 is 0 Å². The average Bonchev–Trinajstić information content (AvgIpc) is 3.24. The van der Waals surface area contributed by atoms with E-state index < -0.39 is 73.4 Å². The molecule has 2 heterocycles. The Morgan fingerprint density at radius 1 is 1.12 bits per heavy atom. The van der Waals surface area contributed by atoms with Crippen LogP contribution in [0.2, 0.25) is 0 Å². The summed E-state index contributed by atoms with van der Waals surface area (Å²) in [5.41, 5.74) is -3.04. The van der Waals surface area contributed by atoms with E-state index >= 15 is 0 Å². The first kappa shape index (κ1) is 33.2. The zero-order valence-electron chi connectivity index (χ0n) is 23.3. The number of carbonyl (C=O) groups is 4. The third-order valence-corrected chi connectivity index (χ3v) is 10.1. The van der Waals surface area contributed by atoms with Gasteiger partial charge in [-0.2, -0.15) is 0 Å². The van der Waals surface area contributed by atoms with Crippen molar-refractivity contribution in [2.75, 3.05) is 25.9 Å². The lowest BCUT2D eigenvalue weighted by molar-refractivity contribution is -0.132. The van der Waals surface area contributed by atoms with Gasteiger partial charge >= 0.3 is 6.09 Å². The van der Waals surface area contributed by atoms with Crippen LogP contribution in [0.1, 0.15) is 58.8 Å². The van der Waals surface area contributed by atoms with E-state index in [4.69, 9.17) is 4.74 Å². The van der Waals surface area contributed by atoms with Gasteiger partial charge in [0.1, 0.15) is 22.3 Å². The number of piperidine rings is 1. The quantitative estimate of drug-likeness (QED) is 0.188. The lowest BCUT2D eigenvalue weighted by Gasteiger charge is -2.50. The number of aliphatic hydroxyl groups is 1. The smallest absolute Gasteiger partial charge is 0.408 e. The minimum absolute atomic E-state index is 0.107. The van der Waals surface area contributed by atoms with E-state index in [0.29, 0.717) is 51.7 Å². The molecule has 4 N–H and O–H groups in total. The molecule has 3 amide bonds. The Balaban J connectivity index is 1.61. The maximum absolute atomic E-state index is 13.2. The Bertz CT molecular complexity index is 1220. The maximum atomic E-state index is 13.2. The molecule has 4 atom stereocenters. The number of ether oxygens (including phenoxy) is 1. The highest BCUT2D eigenvalue weighted by atomic mass is 32.2. The second kappa shape index (κ2) is 12.9. The fraction of sp³-hybridized carbons (Fsp3) is 0.833. The van der Waals surface area contributed by atoms with Crippen LogP contribution in [-0.2, 0) is 39.3 Å². The number of carbonyl (C=O) groups excluding carboxylic acids is 4. The molecule has 41 heavy (non-hydrogen) atoms. The summed E-state index contributed by atoms with van der Waals surface area (Å²) in [6.45, 7) is 4.68. The molecule has 0 bridgehead atoms. The second-order valence-corrected chi connectivity index (χ2v) is 15.2. The van der Waals surface area contributed by atoms with Crippen molar-refractivity contribution >= 4 is 43.8 Å². The first-order chi connectivity index (χ1) is 18.9. The molecule has 3 aliphatic rings. The van der Waals surface area contributed by atoms with Gasteiger partial charge in [0, 0.05) is 25.6 Å². The molecular formula is C24H39N4O11S2-. The van der Waals surface area contributed by atoms with Crippen LogP contribution in [-0.4, -0.2) is 104 Å². The summed E-state index contributed by atoms with van der Waals surface area (Å²) in [5.74, 6) is -3.64. The molecule has 1 saturated carbocycles. The van der Waals surface area contributed by atoms with E-state index in [0.717, 1.165) is 0 Å². The standard InChI is InChI=1S/C24H40N4O11S2/c1-14(2)10-18(27-23(33)39-16-12-24(13-16)5-8-28(9-6-24)40(3,34)35)21(31)26-17(11-15-4-7-25-20(15)30)19(29)22(32)41(36,37)38/h14-18,22,32H,4-13H2,1-3H3,(H,25,30)(H,26,31)(H,27,33)(H,36,37,38)/p-1/t15-,17+,18+,22?/m1/s1. The van der Waals surface area contributed by atoms with Gasteiger partial charge in [0.2, 0.25) is 27.3 Å². The van der Waals surface area contributed by atoms with E-state index in [1.165, 1.54) is 10.6 Å². The molecule has 0 radical (unpaired) electrons. The molecule has 3 fully saturated rings. The summed E-state index contributed by atoms with van der Waals surface area (Å²) in [7, 11) is -8.70. The highest BCUT2D eigenvalue weighted by Crippen LogP contribution is 2.50. The topological polar surface area (TPSA) is 228 Å². The third-order valence-electron chi connectivity index (χ3n) is 8.02. The molecule has 17 heteroatoms. The highest BCUT2D eigenvalue weighted by Gasteiger charge is 2.48. The molecule has 15 nitrogen and oxygen atoms in total. The molecule has 1 spiro atoms. The predicted octanol–water partition coefficient (Wildman–Crippen LogP) is -1.22. The van der Waals surface area contributed by atoms with Gasteiger partial charge in [-0.05, 0) is 56.3 Å². The van der Waals surface area contributed by atoms with Crippen LogP contribution in [0.15, 0.2) is 0 Å². The number of aliphatic hydroxyl groups excluding tert-OH is 1. The lowest BCUT2D eigenvalue weighted by Crippen LogP contribution is -2.56. The van der Waals surface area contributed by atoms with Gasteiger partial charge in [0.25, 0.3) is 0 Å². The van der Waals surface area contributed by atoms with E-state index in [1.807, 2.05) is 0 Å². The first-order valence-electron chi connectivity index (χ1n) is 13.6. The van der Waals surface area contributed by atoms with E-state index in [-0.39, 0.29) is 24.2 Å². The number of hydrogen-bond donors (Lipinski definition) is 4. The van der Waals surface area contributed by atoms with Crippen molar-refractivity contribution in [2.45, 2.75) is 82.4 Å². The molecule has 1 aliphatic carbocycles. The fourth-order valence-electron chi connectivity index (χ4n) is 5.71. The Kier molecular flexibility index (Phi) is 10.4. The van der Waals surface area contributed by atoms with Crippen LogP contribution in [0.3, 0.4) is 0 Å². The van der Waals surface area contributed by atoms with Crippen molar-refractivity contribution in [3.63, 3.8) is 0 Å². The number of hydrogen-bond acceptors (Lipinski definition) is 11. The monoisotopic (exact) mass is 623 g/mol. The number of rotatable bonds is 12. The van der Waals surface area contributed by atoms with Gasteiger partial charge in [-0.1, -0.05) is 13.8 Å². The van der Waals surface area contributed by atoms with Crippen molar-refractivity contribution in [3.8, 4) is 0 Å². The van der Waals surface area contributed by atoms with Crippen LogP contribution in [0, 0.1) is 17.3 Å². The Morgan fingerprint density at radius 2 is 1.73 bits per heavy atom. The summed E-state index contributed by atoms with van der Waals surface area (Å²) in [6.07, 6.45) is 2.36. The first-order valence-corrected chi connectivity index (χ1v) is 16.9. The third kappa shape index (κ3) is 8.83. The number of Topliss-reactive ketones (excluding diaryl/α,β-unsaturated/α-hetero) is 1. The Morgan fingerprint density at radius 3 is 2.22 bits per heavy atom. The normalized spacial score (nSPS) is 23.8. The van der Waals surface area contributed by atoms with Crippen molar-refractivity contribution in [1.29, 1.82) is 0 Å². The SMILES string of the molecule is CC(C)C[C@H](NC(=O)OC1CC2(CCN(S(C)(=O)=O)CC2)C1)C(=O)N[C@@H](C[C@H]1CCNC1=O)C(=O)C(O)S(=O)(=O)[O-]. The van der Waals surface area contributed by atoms with Crippen molar-refractivity contribution in [1.82, 2.24) is 20.3 Å². The number of nitrogens with one attached hydrogen (secondary N) is 3. The molecular weight excluding hydrogens is 584 g/mol. The van der Waals surface area contributed by atoms with Crippen molar-refractivity contribution < 1.29 is 50.4 Å². The molecule has 2 aliphatic heterocycles. The predicted molar refractivity (Wildman–Crippen MR) is 142 cm³/mol. The number of sulfonamides is 1. The van der Waals surface area contributed by atoms with E-state index in [9.17, 15) is 45.7 Å². The minimum Gasteiger partial charge on any atom is -0.746 e. The molecule has 3 rings (SSSR count). The Hall–Kier alpha value is -2.34. The largest absolute Gasteiger partial charge is 0.746 e. The van der Waals surface area contributed by atoms with Crippen LogP contribution in [0.25, 0.3) is 0 Å². The molecule has 0 aromatic heterocycles. The number of amides is 3. The number of alkyl carbamates (subject to hydrolysis) is 1. The van der Waals surface area contributed by atoms with Crippen molar-refractivity contribution in [3.05, 3.63) is 0 Å². The van der Waals surface area contributed by atoms with E-state index in [1.54, 1.807) is 13.8 Å². The maximum Gasteiger partial charge on any atom is 0.408 e. The van der Waals surface area contributed by atoms with Gasteiger partial charge in [-0.15, -0.1) is 0 Å². The second-order valence-electron chi connectivity index (χ2n) is 11.7. The zero-order valence-corrected chi connectivity index (χ0v) is 25.0. The summed E-state index contributed by atoms with van der Waals surface area (Å²) < 4.78 is 64.3. The van der Waals surface area contributed by atoms with Crippen LogP contribution in [0.4, 0.5) is 4.79 Å². The molecule has 0 aromatic rings. The summed E-state index contributed by atoms with van der Waals surface area (Å²) in [6, 6.07) is -2.88. The van der Waals surface area contributed by atoms with Gasteiger partial charge in [0.05, 0.1) is 12.3 Å². The average molecular weight is 624 g/mol. The fourth-order valence-corrected chi connectivity index (χ4v) is 7.00. The minimum atomic E-state index is -5.44. The molecule has 1 unspecified atom stereocenters. The summed E-state index contributed by atoms with van der Waals surface area (Å²) in [5, 5.41) is 17.1. The molecule has 234 valence electrons. The summed E-state index contributed by atoms with van der Waals surface area (Å²) >= 11 is 0. The van der Waals surface area contributed by atoms with Crippen LogP contribution in [0.5, 0.6) is 0 Å². The summed E-state index contributed by atoms with van der Waals surface area (Å²) in [4.78, 5) is 50.6. The molecule has 2 saturated heterocycles.